The number of hydrogen-bond donors (Lipinski definition) is 6. The van der Waals surface area contributed by atoms with E-state index in [0.29, 0.717) is 29.4 Å². The molecule has 2 aromatic heterocycles. The molecule has 1 amide bonds. The molecule has 0 radical (unpaired) electrons. The summed E-state index contributed by atoms with van der Waals surface area (Å²) >= 11 is 0. The first-order valence-corrected chi connectivity index (χ1v) is 9.94. The van der Waals surface area contributed by atoms with Crippen LogP contribution >= 0.6 is 0 Å². The molecule has 0 aliphatic carbocycles. The van der Waals surface area contributed by atoms with Crippen LogP contribution in [0.1, 0.15) is 34.3 Å². The highest BCUT2D eigenvalue weighted by Gasteiger charge is 2.14. The number of amides is 1. The van der Waals surface area contributed by atoms with Crippen molar-refractivity contribution in [3.05, 3.63) is 57.5 Å². The van der Waals surface area contributed by atoms with E-state index in [2.05, 4.69) is 26.2 Å². The van der Waals surface area contributed by atoms with Crippen molar-refractivity contribution < 1.29 is 24.6 Å². The number of aliphatic carboxylic acids is 2. The Morgan fingerprint density at radius 1 is 1.15 bits per heavy atom. The second-order valence-corrected chi connectivity index (χ2v) is 7.22. The summed E-state index contributed by atoms with van der Waals surface area (Å²) in [5.74, 6) is 1.35. The number of nitrogens with zero attached hydrogens (tertiary/aromatic N) is 1. The average Bonchev–Trinajstić information content (AvgIpc) is 3.17. The van der Waals surface area contributed by atoms with Crippen LogP contribution in [0.4, 0.5) is 5.95 Å². The van der Waals surface area contributed by atoms with Gasteiger partial charge in [0.05, 0.1) is 11.4 Å². The summed E-state index contributed by atoms with van der Waals surface area (Å²) in [6.45, 7) is 0. The maximum Gasteiger partial charge on any atom is 0.381 e. The molecule has 1 atom stereocenters. The number of aryl methyl sites for hydroxylation is 2. The Morgan fingerprint density at radius 3 is 2.55 bits per heavy atom. The van der Waals surface area contributed by atoms with E-state index in [-0.39, 0.29) is 24.3 Å². The van der Waals surface area contributed by atoms with Crippen molar-refractivity contribution in [1.29, 1.82) is 0 Å². The molecule has 0 saturated carbocycles. The molecule has 3 rings (SSSR count). The van der Waals surface area contributed by atoms with E-state index in [1.165, 1.54) is 0 Å². The Kier molecular flexibility index (Phi) is 7.10. The molecule has 3 aromatic rings. The molecule has 11 nitrogen and oxygen atoms in total. The Morgan fingerprint density at radius 2 is 1.88 bits per heavy atom. The van der Waals surface area contributed by atoms with Gasteiger partial charge in [0.25, 0.3) is 11.5 Å². The second-order valence-electron chi connectivity index (χ2n) is 7.22. The number of carbonyl (C=O) groups is 3. The van der Waals surface area contributed by atoms with Crippen molar-refractivity contribution in [2.45, 2.75) is 31.7 Å². The van der Waals surface area contributed by atoms with E-state index in [1.54, 1.807) is 30.5 Å². The van der Waals surface area contributed by atoms with Gasteiger partial charge in [0.1, 0.15) is 5.65 Å². The van der Waals surface area contributed by atoms with Gasteiger partial charge in [0.2, 0.25) is 5.95 Å². The molecule has 7 N–H and O–H groups in total. The van der Waals surface area contributed by atoms with Crippen LogP contribution in [0.2, 0.25) is 0 Å². The van der Waals surface area contributed by atoms with Crippen LogP contribution in [0, 0.1) is 11.8 Å². The predicted octanol–water partition coefficient (Wildman–Crippen LogP) is 0.670. The summed E-state index contributed by atoms with van der Waals surface area (Å²) in [7, 11) is 0. The fourth-order valence-corrected chi connectivity index (χ4v) is 3.26. The van der Waals surface area contributed by atoms with Crippen molar-refractivity contribution in [2.75, 3.05) is 5.73 Å². The van der Waals surface area contributed by atoms with Crippen molar-refractivity contribution in [1.82, 2.24) is 20.3 Å². The summed E-state index contributed by atoms with van der Waals surface area (Å²) in [4.78, 5) is 55.5. The third-order valence-electron chi connectivity index (χ3n) is 4.85. The molecule has 0 aliphatic heterocycles. The number of benzene rings is 1. The highest BCUT2D eigenvalue weighted by atomic mass is 16.4. The average molecular weight is 451 g/mol. The standard InChI is InChI=1S/C22H21N5O6/c23-22-26-19-18(21(33)27-22)14(11-24-19)6-3-12-1-4-13(5-2-12)20(32)25-15(7-9-16(28)29)8-10-17(30)31/h1-2,4-5,11,15H,3,6-7,9H2,(H,25,32)(H,28,29)(H,30,31)(H4,23,24,26,27,33)/t15-/m0/s1. The number of H-pyrrole nitrogens is 2. The Balaban J connectivity index is 1.65. The van der Waals surface area contributed by atoms with Crippen LogP contribution in [0.5, 0.6) is 0 Å². The maximum atomic E-state index is 12.5. The highest BCUT2D eigenvalue weighted by Crippen LogP contribution is 2.16. The second kappa shape index (κ2) is 10.1. The largest absolute Gasteiger partial charge is 0.481 e. The molecule has 0 bridgehead atoms. The number of nitrogens with one attached hydrogen (secondary N) is 3. The van der Waals surface area contributed by atoms with Gasteiger partial charge < -0.3 is 26.2 Å². The van der Waals surface area contributed by atoms with E-state index in [9.17, 15) is 19.2 Å². The minimum atomic E-state index is -1.37. The van der Waals surface area contributed by atoms with Crippen molar-refractivity contribution in [3.63, 3.8) is 0 Å². The molecule has 1 aromatic carbocycles. The molecule has 0 aliphatic rings. The third kappa shape index (κ3) is 6.20. The Bertz CT molecular complexity index is 1310. The summed E-state index contributed by atoms with van der Waals surface area (Å²) in [5.41, 5.74) is 7.69. The maximum absolute atomic E-state index is 12.5. The van der Waals surface area contributed by atoms with E-state index >= 15 is 0 Å². The Labute approximate surface area is 187 Å². The zero-order valence-corrected chi connectivity index (χ0v) is 17.3. The molecule has 33 heavy (non-hydrogen) atoms. The Hall–Kier alpha value is -4.59. The minimum absolute atomic E-state index is 0.0241. The molecule has 170 valence electrons. The SMILES string of the molecule is Nc1nc2[nH]cc(CCc3ccc(C(=O)N[C@H](C#CC(=O)O)CCC(=O)O)cc3)c2c(=O)[nH]1. The number of hydrogen-bond acceptors (Lipinski definition) is 6. The molecule has 0 spiro atoms. The van der Waals surface area contributed by atoms with Crippen LogP contribution in [0.15, 0.2) is 35.3 Å². The van der Waals surface area contributed by atoms with Crippen LogP contribution in [-0.2, 0) is 22.4 Å². The van der Waals surface area contributed by atoms with Gasteiger partial charge in [-0.2, -0.15) is 4.98 Å². The zero-order valence-electron chi connectivity index (χ0n) is 17.3. The highest BCUT2D eigenvalue weighted by molar-refractivity contribution is 5.95. The fraction of sp³-hybridized carbons (Fsp3) is 0.227. The molecule has 0 fully saturated rings. The molecule has 0 unspecified atom stereocenters. The molecule has 0 saturated heterocycles. The van der Waals surface area contributed by atoms with E-state index in [4.69, 9.17) is 15.9 Å². The van der Waals surface area contributed by atoms with Crippen LogP contribution < -0.4 is 16.6 Å². The number of carboxylic acid groups (broad SMARTS) is 2. The molecular weight excluding hydrogens is 430 g/mol. The van der Waals surface area contributed by atoms with E-state index in [1.807, 2.05) is 5.92 Å². The first-order valence-electron chi connectivity index (χ1n) is 9.94. The summed E-state index contributed by atoms with van der Waals surface area (Å²) in [5, 5.41) is 20.5. The lowest BCUT2D eigenvalue weighted by atomic mass is 10.0. The molecular formula is C22H21N5O6. The lowest BCUT2D eigenvalue weighted by Crippen LogP contribution is -2.34. The van der Waals surface area contributed by atoms with Crippen molar-refractivity contribution in [3.8, 4) is 11.8 Å². The number of nitrogens with two attached hydrogens (primary N) is 1. The quantitative estimate of drug-likeness (QED) is 0.269. The summed E-state index contributed by atoms with van der Waals surface area (Å²) in [6.07, 6.45) is 2.58. The van der Waals surface area contributed by atoms with E-state index < -0.39 is 23.9 Å². The normalized spacial score (nSPS) is 11.4. The lowest BCUT2D eigenvalue weighted by Gasteiger charge is -2.12. The molecule has 2 heterocycles. The zero-order chi connectivity index (χ0) is 24.0. The van der Waals surface area contributed by atoms with Gasteiger partial charge in [-0.3, -0.25) is 19.4 Å². The monoisotopic (exact) mass is 451 g/mol. The number of carbonyl (C=O) groups excluding carboxylic acids is 1. The van der Waals surface area contributed by atoms with E-state index in [0.717, 1.165) is 11.1 Å². The van der Waals surface area contributed by atoms with Gasteiger partial charge in [0.15, 0.2) is 0 Å². The number of anilines is 1. The van der Waals surface area contributed by atoms with Gasteiger partial charge in [-0.1, -0.05) is 18.1 Å². The topological polar surface area (TPSA) is 191 Å². The predicted molar refractivity (Wildman–Crippen MR) is 119 cm³/mol. The lowest BCUT2D eigenvalue weighted by molar-refractivity contribution is -0.137. The first kappa shape index (κ1) is 23.1. The van der Waals surface area contributed by atoms with Gasteiger partial charge in [0, 0.05) is 24.1 Å². The summed E-state index contributed by atoms with van der Waals surface area (Å²) < 4.78 is 0. The van der Waals surface area contributed by atoms with Crippen LogP contribution in [0.3, 0.4) is 0 Å². The molecule has 11 heteroatoms. The van der Waals surface area contributed by atoms with Gasteiger partial charge >= 0.3 is 11.9 Å². The number of rotatable bonds is 8. The van der Waals surface area contributed by atoms with Crippen molar-refractivity contribution in [2.24, 2.45) is 0 Å². The number of aromatic nitrogens is 3. The number of nitrogen functional groups attached to an aromatic ring is 1. The van der Waals surface area contributed by atoms with Crippen LogP contribution in [0.25, 0.3) is 11.0 Å². The van der Waals surface area contributed by atoms with Gasteiger partial charge in [-0.15, -0.1) is 0 Å². The number of aromatic amines is 2. The summed E-state index contributed by atoms with van der Waals surface area (Å²) in [6, 6.07) is 5.83. The minimum Gasteiger partial charge on any atom is -0.481 e. The van der Waals surface area contributed by atoms with Crippen LogP contribution in [-0.4, -0.2) is 49.1 Å². The van der Waals surface area contributed by atoms with Gasteiger partial charge in [-0.25, -0.2) is 4.79 Å². The third-order valence-corrected chi connectivity index (χ3v) is 4.85. The fourth-order valence-electron chi connectivity index (χ4n) is 3.26. The first-order chi connectivity index (χ1) is 15.7. The number of carboxylic acids is 2. The van der Waals surface area contributed by atoms with Gasteiger partial charge in [-0.05, 0) is 42.5 Å². The smallest absolute Gasteiger partial charge is 0.381 e. The number of fused-ring (bicyclic) bond motifs is 1. The van der Waals surface area contributed by atoms with Crippen molar-refractivity contribution >= 4 is 34.8 Å².